The maximum atomic E-state index is 11.7. The molecule has 0 amide bonds. The van der Waals surface area contributed by atoms with E-state index in [9.17, 15) is 9.59 Å². The first kappa shape index (κ1) is 13.7. The van der Waals surface area contributed by atoms with Crippen LogP contribution in [-0.4, -0.2) is 18.9 Å². The van der Waals surface area contributed by atoms with Crippen molar-refractivity contribution in [1.29, 1.82) is 0 Å². The number of anilines is 1. The van der Waals surface area contributed by atoms with Gasteiger partial charge in [-0.15, -0.1) is 11.3 Å². The molecule has 17 heavy (non-hydrogen) atoms. The number of Topliss-reactive ketones (excluding diaryl/α,β-unsaturated/α-hetero) is 1. The topological polar surface area (TPSA) is 69.4 Å². The summed E-state index contributed by atoms with van der Waals surface area (Å²) < 4.78 is 4.72. The molecule has 1 heterocycles. The molecule has 1 aromatic heterocycles. The highest BCUT2D eigenvalue weighted by Gasteiger charge is 2.31. The van der Waals surface area contributed by atoms with Gasteiger partial charge in [-0.25, -0.2) is 4.79 Å². The van der Waals surface area contributed by atoms with Crippen LogP contribution in [0.4, 0.5) is 5.00 Å². The molecule has 0 atom stereocenters. The first-order chi connectivity index (χ1) is 7.70. The molecule has 0 radical (unpaired) electrons. The zero-order valence-electron chi connectivity index (χ0n) is 10.7. The summed E-state index contributed by atoms with van der Waals surface area (Å²) in [5, 5.41) is 0.378. The Bertz CT molecular complexity index is 469. The monoisotopic (exact) mass is 255 g/mol. The predicted octanol–water partition coefficient (Wildman–Crippen LogP) is 2.62. The summed E-state index contributed by atoms with van der Waals surface area (Å²) in [6.07, 6.45) is 0. The van der Waals surface area contributed by atoms with Gasteiger partial charge in [0.2, 0.25) is 0 Å². The molecule has 0 saturated heterocycles. The highest BCUT2D eigenvalue weighted by atomic mass is 32.1. The molecule has 0 aliphatic heterocycles. The highest BCUT2D eigenvalue weighted by Crippen LogP contribution is 2.39. The Morgan fingerprint density at radius 1 is 1.29 bits per heavy atom. The largest absolute Gasteiger partial charge is 0.465 e. The Morgan fingerprint density at radius 3 is 2.18 bits per heavy atom. The summed E-state index contributed by atoms with van der Waals surface area (Å²) in [6.45, 7) is 7.27. The highest BCUT2D eigenvalue weighted by molar-refractivity contribution is 7.18. The van der Waals surface area contributed by atoms with Crippen molar-refractivity contribution in [2.75, 3.05) is 12.8 Å². The van der Waals surface area contributed by atoms with Gasteiger partial charge in [-0.05, 0) is 17.9 Å². The third-order valence-corrected chi connectivity index (χ3v) is 3.41. The first-order valence-electron chi connectivity index (χ1n) is 5.22. The van der Waals surface area contributed by atoms with E-state index in [1.165, 1.54) is 14.0 Å². The van der Waals surface area contributed by atoms with Crippen LogP contribution in [0.25, 0.3) is 0 Å². The third kappa shape index (κ3) is 2.49. The average Bonchev–Trinajstić information content (AvgIpc) is 2.54. The van der Waals surface area contributed by atoms with Gasteiger partial charge in [-0.1, -0.05) is 20.8 Å². The molecular weight excluding hydrogens is 238 g/mol. The number of hydrogen-bond acceptors (Lipinski definition) is 5. The smallest absolute Gasteiger partial charge is 0.348 e. The van der Waals surface area contributed by atoms with Crippen molar-refractivity contribution < 1.29 is 14.3 Å². The number of carbonyl (C=O) groups is 2. The van der Waals surface area contributed by atoms with Crippen molar-refractivity contribution in [1.82, 2.24) is 0 Å². The zero-order valence-corrected chi connectivity index (χ0v) is 11.5. The number of ether oxygens (including phenoxy) is 1. The molecule has 0 aliphatic rings. The summed E-state index contributed by atoms with van der Waals surface area (Å²) in [5.74, 6) is -0.571. The van der Waals surface area contributed by atoms with Gasteiger partial charge in [0.15, 0.2) is 5.78 Å². The number of hydrogen-bond donors (Lipinski definition) is 1. The summed E-state index contributed by atoms with van der Waals surface area (Å²) in [5.41, 5.74) is 6.61. The molecule has 0 saturated carbocycles. The van der Waals surface area contributed by atoms with E-state index in [1.54, 1.807) is 0 Å². The standard InChI is InChI=1S/C12H17NO3S/c1-6(14)7-8(12(2,3)4)9(11(15)16-5)17-10(7)13/h13H2,1-5H3. The number of nitrogens with two attached hydrogens (primary N) is 1. The number of methoxy groups -OCH3 is 1. The van der Waals surface area contributed by atoms with Gasteiger partial charge in [0, 0.05) is 0 Å². The Labute approximate surface area is 105 Å². The van der Waals surface area contributed by atoms with Crippen molar-refractivity contribution in [3.8, 4) is 0 Å². The van der Waals surface area contributed by atoms with E-state index >= 15 is 0 Å². The van der Waals surface area contributed by atoms with Crippen LogP contribution in [0.15, 0.2) is 0 Å². The fraction of sp³-hybridized carbons (Fsp3) is 0.500. The van der Waals surface area contributed by atoms with E-state index in [2.05, 4.69) is 0 Å². The van der Waals surface area contributed by atoms with Crippen molar-refractivity contribution in [3.05, 3.63) is 16.0 Å². The van der Waals surface area contributed by atoms with E-state index in [0.29, 0.717) is 21.0 Å². The van der Waals surface area contributed by atoms with Crippen LogP contribution < -0.4 is 5.73 Å². The SMILES string of the molecule is COC(=O)c1sc(N)c(C(C)=O)c1C(C)(C)C. The lowest BCUT2D eigenvalue weighted by Gasteiger charge is -2.20. The van der Waals surface area contributed by atoms with Crippen LogP contribution >= 0.6 is 11.3 Å². The van der Waals surface area contributed by atoms with Crippen molar-refractivity contribution in [2.45, 2.75) is 33.1 Å². The fourth-order valence-corrected chi connectivity index (χ4v) is 3.00. The van der Waals surface area contributed by atoms with E-state index in [-0.39, 0.29) is 11.2 Å². The Balaban J connectivity index is 3.59. The van der Waals surface area contributed by atoms with Gasteiger partial charge in [0.25, 0.3) is 0 Å². The van der Waals surface area contributed by atoms with Crippen LogP contribution in [0, 0.1) is 0 Å². The van der Waals surface area contributed by atoms with E-state index in [0.717, 1.165) is 11.3 Å². The number of ketones is 1. The van der Waals surface area contributed by atoms with Gasteiger partial charge in [-0.2, -0.15) is 0 Å². The molecule has 1 rings (SSSR count). The van der Waals surface area contributed by atoms with E-state index in [1.807, 2.05) is 20.8 Å². The third-order valence-electron chi connectivity index (χ3n) is 2.41. The molecule has 4 nitrogen and oxygen atoms in total. The molecule has 0 fully saturated rings. The Hall–Kier alpha value is -1.36. The summed E-state index contributed by atoms with van der Waals surface area (Å²) in [7, 11) is 1.32. The van der Waals surface area contributed by atoms with Gasteiger partial charge >= 0.3 is 5.97 Å². The number of carbonyl (C=O) groups excluding carboxylic acids is 2. The Kier molecular flexibility index (Phi) is 3.62. The molecule has 5 heteroatoms. The van der Waals surface area contributed by atoms with Gasteiger partial charge in [0.05, 0.1) is 17.7 Å². The summed E-state index contributed by atoms with van der Waals surface area (Å²) >= 11 is 1.11. The zero-order chi connectivity index (χ0) is 13.4. The quantitative estimate of drug-likeness (QED) is 0.651. The first-order valence-corrected chi connectivity index (χ1v) is 6.03. The minimum absolute atomic E-state index is 0.126. The average molecular weight is 255 g/mol. The van der Waals surface area contributed by atoms with E-state index in [4.69, 9.17) is 10.5 Å². The molecule has 0 aromatic carbocycles. The normalized spacial score (nSPS) is 11.4. The molecule has 0 aliphatic carbocycles. The molecule has 1 aromatic rings. The predicted molar refractivity (Wildman–Crippen MR) is 68.8 cm³/mol. The number of nitrogen functional groups attached to an aromatic ring is 1. The molecule has 94 valence electrons. The van der Waals surface area contributed by atoms with Gasteiger partial charge < -0.3 is 10.5 Å². The van der Waals surface area contributed by atoms with Crippen molar-refractivity contribution in [2.24, 2.45) is 0 Å². The van der Waals surface area contributed by atoms with Gasteiger partial charge in [-0.3, -0.25) is 4.79 Å². The lowest BCUT2D eigenvalue weighted by atomic mass is 9.83. The lowest BCUT2D eigenvalue weighted by molar-refractivity contribution is 0.0604. The second kappa shape index (κ2) is 4.49. The Morgan fingerprint density at radius 2 is 1.82 bits per heavy atom. The number of thiophene rings is 1. The van der Waals surface area contributed by atoms with Crippen LogP contribution in [0.2, 0.25) is 0 Å². The van der Waals surface area contributed by atoms with Crippen molar-refractivity contribution >= 4 is 28.1 Å². The van der Waals surface area contributed by atoms with Crippen LogP contribution in [-0.2, 0) is 10.2 Å². The maximum Gasteiger partial charge on any atom is 0.348 e. The fourth-order valence-electron chi connectivity index (χ4n) is 1.75. The molecular formula is C12H17NO3S. The summed E-state index contributed by atoms with van der Waals surface area (Å²) in [4.78, 5) is 23.7. The van der Waals surface area contributed by atoms with Crippen LogP contribution in [0.3, 0.4) is 0 Å². The molecule has 0 bridgehead atoms. The maximum absolute atomic E-state index is 11.7. The van der Waals surface area contributed by atoms with Crippen LogP contribution in [0.1, 0.15) is 53.3 Å². The molecule has 0 spiro atoms. The van der Waals surface area contributed by atoms with Crippen molar-refractivity contribution in [3.63, 3.8) is 0 Å². The van der Waals surface area contributed by atoms with Gasteiger partial charge in [0.1, 0.15) is 4.88 Å². The van der Waals surface area contributed by atoms with Crippen LogP contribution in [0.5, 0.6) is 0 Å². The minimum atomic E-state index is -0.445. The molecule has 0 unspecified atom stereocenters. The second-order valence-electron chi connectivity index (χ2n) is 4.84. The summed E-state index contributed by atoms with van der Waals surface area (Å²) in [6, 6.07) is 0. The lowest BCUT2D eigenvalue weighted by Crippen LogP contribution is -2.19. The minimum Gasteiger partial charge on any atom is -0.465 e. The molecule has 2 N–H and O–H groups in total. The number of esters is 1. The number of rotatable bonds is 2. The van der Waals surface area contributed by atoms with E-state index < -0.39 is 5.97 Å². The second-order valence-corrected chi connectivity index (χ2v) is 5.90.